The molecule has 0 bridgehead atoms. The fourth-order valence-electron chi connectivity index (χ4n) is 6.10. The standard InChI is InChI=1S/C32H34N6O3/c39-31(37-19-18-36(32(40)41)22-27(37)20-24-10-3-1-4-11-24)29-30(25-12-5-2-6-13-25)38(23-34-29)26-14-9-17-35(21-26)28-15-7-8-16-33-28/h1-8,10-13,15-16,23,26-27H,9,14,17-22H2,(H,40,41)/t26?,27-/m1/s1. The van der Waals surface area contributed by atoms with E-state index in [1.165, 1.54) is 4.90 Å². The topological polar surface area (TPSA) is 94.8 Å². The van der Waals surface area contributed by atoms with E-state index >= 15 is 0 Å². The summed E-state index contributed by atoms with van der Waals surface area (Å²) < 4.78 is 2.16. The van der Waals surface area contributed by atoms with Gasteiger partial charge in [-0.1, -0.05) is 66.7 Å². The zero-order chi connectivity index (χ0) is 28.2. The second-order valence-electron chi connectivity index (χ2n) is 10.7. The number of hydrogen-bond acceptors (Lipinski definition) is 5. The van der Waals surface area contributed by atoms with Gasteiger partial charge < -0.3 is 24.4 Å². The van der Waals surface area contributed by atoms with Crippen LogP contribution in [0.3, 0.4) is 0 Å². The Morgan fingerprint density at radius 1 is 0.854 bits per heavy atom. The molecule has 2 aliphatic heterocycles. The second-order valence-corrected chi connectivity index (χ2v) is 10.7. The molecule has 210 valence electrons. The molecule has 2 aliphatic rings. The van der Waals surface area contributed by atoms with Gasteiger partial charge in [-0.15, -0.1) is 0 Å². The summed E-state index contributed by atoms with van der Waals surface area (Å²) in [5.41, 5.74) is 3.22. The Morgan fingerprint density at radius 3 is 2.34 bits per heavy atom. The highest BCUT2D eigenvalue weighted by atomic mass is 16.4. The number of carbonyl (C=O) groups excluding carboxylic acids is 1. The molecule has 2 fully saturated rings. The molecule has 1 N–H and O–H groups in total. The van der Waals surface area contributed by atoms with E-state index in [1.54, 1.807) is 0 Å². The lowest BCUT2D eigenvalue weighted by atomic mass is 10.0. The number of nitrogens with zero attached hydrogens (tertiary/aromatic N) is 6. The highest BCUT2D eigenvalue weighted by Crippen LogP contribution is 2.33. The largest absolute Gasteiger partial charge is 0.465 e. The van der Waals surface area contributed by atoms with E-state index in [0.29, 0.717) is 18.7 Å². The number of anilines is 1. The van der Waals surface area contributed by atoms with Gasteiger partial charge in [0.05, 0.1) is 24.1 Å². The summed E-state index contributed by atoms with van der Waals surface area (Å²) in [6.07, 6.45) is 5.22. The summed E-state index contributed by atoms with van der Waals surface area (Å²) >= 11 is 0. The quantitative estimate of drug-likeness (QED) is 0.370. The Balaban J connectivity index is 1.34. The first-order chi connectivity index (χ1) is 20.1. The van der Waals surface area contributed by atoms with Crippen LogP contribution in [0, 0.1) is 0 Å². The normalized spacial score (nSPS) is 19.3. The third-order valence-electron chi connectivity index (χ3n) is 8.13. The minimum Gasteiger partial charge on any atom is -0.465 e. The van der Waals surface area contributed by atoms with Crippen molar-refractivity contribution in [1.82, 2.24) is 24.3 Å². The van der Waals surface area contributed by atoms with E-state index in [-0.39, 0.29) is 31.1 Å². The van der Waals surface area contributed by atoms with Crippen LogP contribution in [0.25, 0.3) is 11.3 Å². The summed E-state index contributed by atoms with van der Waals surface area (Å²) in [7, 11) is 0. The monoisotopic (exact) mass is 550 g/mol. The molecule has 6 rings (SSSR count). The number of imidazole rings is 1. The van der Waals surface area contributed by atoms with Gasteiger partial charge in [0, 0.05) is 44.5 Å². The molecule has 0 aliphatic carbocycles. The number of carbonyl (C=O) groups is 2. The fraction of sp³-hybridized carbons (Fsp3) is 0.312. The summed E-state index contributed by atoms with van der Waals surface area (Å²) in [6.45, 7) is 2.56. The number of benzene rings is 2. The van der Waals surface area contributed by atoms with Gasteiger partial charge in [0.25, 0.3) is 5.91 Å². The summed E-state index contributed by atoms with van der Waals surface area (Å²) in [6, 6.07) is 25.7. The van der Waals surface area contributed by atoms with Crippen LogP contribution in [-0.4, -0.2) is 80.2 Å². The lowest BCUT2D eigenvalue weighted by molar-refractivity contribution is 0.0447. The highest BCUT2D eigenvalue weighted by molar-refractivity contribution is 5.98. The molecule has 2 aromatic carbocycles. The summed E-state index contributed by atoms with van der Waals surface area (Å²) in [4.78, 5) is 41.0. The van der Waals surface area contributed by atoms with Crippen molar-refractivity contribution >= 4 is 17.8 Å². The van der Waals surface area contributed by atoms with Crippen LogP contribution in [0.4, 0.5) is 10.6 Å². The molecule has 41 heavy (non-hydrogen) atoms. The molecule has 1 unspecified atom stereocenters. The molecule has 2 saturated heterocycles. The maximum absolute atomic E-state index is 14.3. The van der Waals surface area contributed by atoms with E-state index in [0.717, 1.165) is 48.6 Å². The average molecular weight is 551 g/mol. The predicted molar refractivity (Wildman–Crippen MR) is 157 cm³/mol. The Bertz CT molecular complexity index is 1480. The molecule has 0 radical (unpaired) electrons. The van der Waals surface area contributed by atoms with Gasteiger partial charge >= 0.3 is 6.09 Å². The first-order valence-corrected chi connectivity index (χ1v) is 14.2. The van der Waals surface area contributed by atoms with Crippen molar-refractivity contribution in [1.29, 1.82) is 0 Å². The van der Waals surface area contributed by atoms with E-state index < -0.39 is 6.09 Å². The fourth-order valence-corrected chi connectivity index (χ4v) is 6.10. The molecular formula is C32H34N6O3. The van der Waals surface area contributed by atoms with Crippen LogP contribution < -0.4 is 4.90 Å². The Hall–Kier alpha value is -4.66. The number of pyridine rings is 1. The van der Waals surface area contributed by atoms with Crippen LogP contribution in [0.15, 0.2) is 91.4 Å². The molecule has 0 spiro atoms. The van der Waals surface area contributed by atoms with E-state index in [9.17, 15) is 14.7 Å². The Kier molecular flexibility index (Phi) is 7.67. The lowest BCUT2D eigenvalue weighted by Crippen LogP contribution is -2.57. The van der Waals surface area contributed by atoms with E-state index in [1.807, 2.05) is 96.3 Å². The zero-order valence-electron chi connectivity index (χ0n) is 22.9. The zero-order valence-corrected chi connectivity index (χ0v) is 22.9. The van der Waals surface area contributed by atoms with Crippen LogP contribution >= 0.6 is 0 Å². The molecule has 2 amide bonds. The van der Waals surface area contributed by atoms with Crippen molar-refractivity contribution in [2.45, 2.75) is 31.3 Å². The van der Waals surface area contributed by atoms with Crippen molar-refractivity contribution in [3.63, 3.8) is 0 Å². The van der Waals surface area contributed by atoms with Gasteiger partial charge in [-0.25, -0.2) is 14.8 Å². The third-order valence-corrected chi connectivity index (χ3v) is 8.13. The molecular weight excluding hydrogens is 516 g/mol. The third kappa shape index (κ3) is 5.66. The molecule has 0 saturated carbocycles. The number of rotatable bonds is 6. The predicted octanol–water partition coefficient (Wildman–Crippen LogP) is 4.83. The van der Waals surface area contributed by atoms with Crippen molar-refractivity contribution in [2.75, 3.05) is 37.6 Å². The van der Waals surface area contributed by atoms with Crippen molar-refractivity contribution < 1.29 is 14.7 Å². The Labute approximate surface area is 239 Å². The molecule has 9 nitrogen and oxygen atoms in total. The number of piperazine rings is 1. The average Bonchev–Trinajstić information content (AvgIpc) is 3.47. The van der Waals surface area contributed by atoms with Gasteiger partial charge in [0.1, 0.15) is 5.82 Å². The first-order valence-electron chi connectivity index (χ1n) is 14.2. The minimum atomic E-state index is -0.959. The van der Waals surface area contributed by atoms with Crippen LogP contribution in [0.2, 0.25) is 0 Å². The van der Waals surface area contributed by atoms with Crippen molar-refractivity contribution in [3.8, 4) is 11.3 Å². The summed E-state index contributed by atoms with van der Waals surface area (Å²) in [5.74, 6) is 0.792. The molecule has 4 aromatic rings. The maximum atomic E-state index is 14.3. The van der Waals surface area contributed by atoms with Crippen molar-refractivity contribution in [2.24, 2.45) is 0 Å². The molecule has 9 heteroatoms. The van der Waals surface area contributed by atoms with Crippen LogP contribution in [0.1, 0.15) is 34.9 Å². The van der Waals surface area contributed by atoms with Crippen LogP contribution in [0.5, 0.6) is 0 Å². The van der Waals surface area contributed by atoms with Crippen molar-refractivity contribution in [3.05, 3.63) is 103 Å². The van der Waals surface area contributed by atoms with E-state index in [2.05, 4.69) is 14.5 Å². The van der Waals surface area contributed by atoms with Gasteiger partial charge in [0.15, 0.2) is 5.69 Å². The highest BCUT2D eigenvalue weighted by Gasteiger charge is 2.36. The van der Waals surface area contributed by atoms with Crippen LogP contribution in [-0.2, 0) is 6.42 Å². The molecule has 2 atom stereocenters. The Morgan fingerprint density at radius 2 is 1.61 bits per heavy atom. The van der Waals surface area contributed by atoms with Gasteiger partial charge in [-0.3, -0.25) is 4.79 Å². The lowest BCUT2D eigenvalue weighted by Gasteiger charge is -2.40. The van der Waals surface area contributed by atoms with E-state index in [4.69, 9.17) is 4.98 Å². The molecule has 2 aromatic heterocycles. The molecule has 4 heterocycles. The number of piperidine rings is 1. The van der Waals surface area contributed by atoms with Gasteiger partial charge in [-0.2, -0.15) is 0 Å². The van der Waals surface area contributed by atoms with Gasteiger partial charge in [0.2, 0.25) is 0 Å². The number of amides is 2. The second kappa shape index (κ2) is 11.8. The first kappa shape index (κ1) is 26.6. The number of aromatic nitrogens is 3. The smallest absolute Gasteiger partial charge is 0.407 e. The summed E-state index contributed by atoms with van der Waals surface area (Å²) in [5, 5.41) is 9.71. The van der Waals surface area contributed by atoms with Gasteiger partial charge in [-0.05, 0) is 37.0 Å². The maximum Gasteiger partial charge on any atom is 0.407 e. The SMILES string of the molecule is O=C(O)N1CCN(C(=O)c2ncn(C3CCCN(c4ccccn4)C3)c2-c2ccccc2)[C@H](Cc2ccccc2)C1. The number of carboxylic acid groups (broad SMARTS) is 1. The number of hydrogen-bond donors (Lipinski definition) is 1. The minimum absolute atomic E-state index is 0.124.